The first-order chi connectivity index (χ1) is 11.7. The summed E-state index contributed by atoms with van der Waals surface area (Å²) >= 11 is 0. The van der Waals surface area contributed by atoms with Gasteiger partial charge in [0.2, 0.25) is 0 Å². The van der Waals surface area contributed by atoms with Gasteiger partial charge in [-0.15, -0.1) is 0 Å². The molecule has 0 aliphatic rings. The first-order valence-corrected chi connectivity index (χ1v) is 7.53. The maximum atomic E-state index is 5.83. The lowest BCUT2D eigenvalue weighted by molar-refractivity contribution is 1.30. The molecule has 0 spiro atoms. The monoisotopic (exact) mass is 314 g/mol. The Bertz CT molecular complexity index is 961. The van der Waals surface area contributed by atoms with Crippen LogP contribution in [0.25, 0.3) is 27.7 Å². The highest BCUT2D eigenvalue weighted by atomic mass is 14.8. The number of rotatable bonds is 5. The van der Waals surface area contributed by atoms with E-state index in [9.17, 15) is 0 Å². The first-order valence-electron chi connectivity index (χ1n) is 7.53. The van der Waals surface area contributed by atoms with Gasteiger partial charge in [0.1, 0.15) is 5.65 Å². The van der Waals surface area contributed by atoms with E-state index in [4.69, 9.17) is 5.73 Å². The van der Waals surface area contributed by atoms with Gasteiger partial charge in [-0.3, -0.25) is 4.98 Å². The summed E-state index contributed by atoms with van der Waals surface area (Å²) in [5.41, 5.74) is 11.3. The van der Waals surface area contributed by atoms with Crippen LogP contribution in [0.5, 0.6) is 0 Å². The normalized spacial score (nSPS) is 11.9. The minimum Gasteiger partial charge on any atom is -0.397 e. The standard InChI is InChI=1S/C20H18N4/c1-3-5-7-14(6-4-2)19-13-24-20-18(19)9-16(11-23-20)15-8-17(21)12-22-10-15/h3-13H,1-2,21H2,(H,23,24)/b7-5-,14-6+. The maximum Gasteiger partial charge on any atom is 0.137 e. The zero-order chi connectivity index (χ0) is 16.9. The van der Waals surface area contributed by atoms with Gasteiger partial charge in [0.05, 0.1) is 5.69 Å². The molecule has 0 unspecified atom stereocenters. The number of nitrogens with zero attached hydrogens (tertiary/aromatic N) is 2. The van der Waals surface area contributed by atoms with Crippen molar-refractivity contribution in [2.45, 2.75) is 0 Å². The van der Waals surface area contributed by atoms with Gasteiger partial charge >= 0.3 is 0 Å². The summed E-state index contributed by atoms with van der Waals surface area (Å²) < 4.78 is 0. The van der Waals surface area contributed by atoms with Crippen LogP contribution in [0.2, 0.25) is 0 Å². The lowest BCUT2D eigenvalue weighted by atomic mass is 10.0. The summed E-state index contributed by atoms with van der Waals surface area (Å²) in [6.07, 6.45) is 16.5. The molecule has 0 radical (unpaired) electrons. The molecule has 3 heterocycles. The topological polar surface area (TPSA) is 67.6 Å². The van der Waals surface area contributed by atoms with Crippen molar-refractivity contribution < 1.29 is 0 Å². The molecular formula is C20H18N4. The number of hydrogen-bond donors (Lipinski definition) is 2. The van der Waals surface area contributed by atoms with Crippen molar-refractivity contribution in [2.75, 3.05) is 5.73 Å². The fourth-order valence-electron chi connectivity index (χ4n) is 2.55. The van der Waals surface area contributed by atoms with Gasteiger partial charge in [-0.2, -0.15) is 0 Å². The summed E-state index contributed by atoms with van der Waals surface area (Å²) in [6, 6.07) is 3.98. The van der Waals surface area contributed by atoms with Crippen LogP contribution < -0.4 is 5.73 Å². The maximum absolute atomic E-state index is 5.83. The molecule has 0 aliphatic heterocycles. The van der Waals surface area contributed by atoms with Crippen LogP contribution in [0.3, 0.4) is 0 Å². The number of aromatic amines is 1. The number of nitrogens with two attached hydrogens (primary N) is 1. The van der Waals surface area contributed by atoms with Gasteiger partial charge in [0.15, 0.2) is 0 Å². The van der Waals surface area contributed by atoms with Crippen molar-refractivity contribution in [3.8, 4) is 11.1 Å². The van der Waals surface area contributed by atoms with Gasteiger partial charge in [-0.1, -0.05) is 43.5 Å². The molecule has 3 aromatic heterocycles. The smallest absolute Gasteiger partial charge is 0.137 e. The summed E-state index contributed by atoms with van der Waals surface area (Å²) in [5.74, 6) is 0. The molecular weight excluding hydrogens is 296 g/mol. The average Bonchev–Trinajstić information content (AvgIpc) is 3.01. The number of allylic oxidation sites excluding steroid dienone is 6. The zero-order valence-corrected chi connectivity index (χ0v) is 13.2. The van der Waals surface area contributed by atoms with Gasteiger partial charge in [0, 0.05) is 46.9 Å². The third-order valence-electron chi connectivity index (χ3n) is 3.64. The molecule has 4 heteroatoms. The highest BCUT2D eigenvalue weighted by Crippen LogP contribution is 2.29. The predicted molar refractivity (Wildman–Crippen MR) is 101 cm³/mol. The van der Waals surface area contributed by atoms with E-state index in [0.29, 0.717) is 5.69 Å². The largest absolute Gasteiger partial charge is 0.397 e. The van der Waals surface area contributed by atoms with Crippen molar-refractivity contribution >= 4 is 22.3 Å². The third kappa shape index (κ3) is 3.03. The number of aromatic nitrogens is 3. The molecule has 0 atom stereocenters. The van der Waals surface area contributed by atoms with E-state index in [1.165, 1.54) is 0 Å². The number of anilines is 1. The second-order valence-electron chi connectivity index (χ2n) is 5.28. The van der Waals surface area contributed by atoms with Crippen LogP contribution in [-0.2, 0) is 0 Å². The van der Waals surface area contributed by atoms with Gasteiger partial charge in [-0.25, -0.2) is 4.98 Å². The van der Waals surface area contributed by atoms with Crippen LogP contribution in [0.1, 0.15) is 5.56 Å². The Labute approximate surface area is 140 Å². The quantitative estimate of drug-likeness (QED) is 0.680. The van der Waals surface area contributed by atoms with E-state index in [2.05, 4.69) is 34.2 Å². The minimum absolute atomic E-state index is 0.628. The second kappa shape index (κ2) is 6.79. The number of hydrogen-bond acceptors (Lipinski definition) is 3. The summed E-state index contributed by atoms with van der Waals surface area (Å²) in [6.45, 7) is 7.51. The van der Waals surface area contributed by atoms with Crippen LogP contribution in [0.4, 0.5) is 5.69 Å². The van der Waals surface area contributed by atoms with Crippen LogP contribution in [0.15, 0.2) is 80.5 Å². The number of H-pyrrole nitrogens is 1. The minimum atomic E-state index is 0.628. The molecule has 24 heavy (non-hydrogen) atoms. The molecule has 0 saturated carbocycles. The molecule has 0 amide bonds. The molecule has 0 aliphatic carbocycles. The molecule has 3 aromatic rings. The molecule has 0 fully saturated rings. The van der Waals surface area contributed by atoms with Crippen molar-refractivity contribution in [1.82, 2.24) is 15.0 Å². The van der Waals surface area contributed by atoms with E-state index in [-0.39, 0.29) is 0 Å². The number of nitrogen functional groups attached to an aromatic ring is 1. The molecule has 0 saturated heterocycles. The Hall–Kier alpha value is -3.40. The number of fused-ring (bicyclic) bond motifs is 1. The van der Waals surface area contributed by atoms with E-state index < -0.39 is 0 Å². The Morgan fingerprint density at radius 3 is 2.67 bits per heavy atom. The summed E-state index contributed by atoms with van der Waals surface area (Å²) in [5, 5.41) is 1.02. The third-order valence-corrected chi connectivity index (χ3v) is 3.64. The number of pyridine rings is 2. The molecule has 118 valence electrons. The first kappa shape index (κ1) is 15.5. The van der Waals surface area contributed by atoms with E-state index in [1.54, 1.807) is 24.5 Å². The van der Waals surface area contributed by atoms with Crippen LogP contribution in [0, 0.1) is 0 Å². The highest BCUT2D eigenvalue weighted by Gasteiger charge is 2.09. The number of nitrogens with one attached hydrogen (secondary N) is 1. The predicted octanol–water partition coefficient (Wildman–Crippen LogP) is 4.52. The van der Waals surface area contributed by atoms with Crippen molar-refractivity contribution in [3.05, 3.63) is 86.0 Å². The highest BCUT2D eigenvalue weighted by molar-refractivity contribution is 5.95. The Morgan fingerprint density at radius 1 is 1.08 bits per heavy atom. The fraction of sp³-hybridized carbons (Fsp3) is 0. The lowest BCUT2D eigenvalue weighted by Gasteiger charge is -2.04. The van der Waals surface area contributed by atoms with Gasteiger partial charge in [-0.05, 0) is 17.7 Å². The Balaban J connectivity index is 2.15. The van der Waals surface area contributed by atoms with Gasteiger partial charge in [0.25, 0.3) is 0 Å². The second-order valence-corrected chi connectivity index (χ2v) is 5.28. The SMILES string of the molecule is C=C/C=C\C(=C/C=C)c1c[nH]c2ncc(-c3cncc(N)c3)cc12. The van der Waals surface area contributed by atoms with Crippen molar-refractivity contribution in [1.29, 1.82) is 0 Å². The molecule has 4 nitrogen and oxygen atoms in total. The van der Waals surface area contributed by atoms with E-state index >= 15 is 0 Å². The molecule has 3 rings (SSSR count). The average molecular weight is 314 g/mol. The molecule has 0 bridgehead atoms. The zero-order valence-electron chi connectivity index (χ0n) is 13.2. The fourth-order valence-corrected chi connectivity index (χ4v) is 2.55. The summed E-state index contributed by atoms with van der Waals surface area (Å²) in [4.78, 5) is 11.9. The lowest BCUT2D eigenvalue weighted by Crippen LogP contribution is -1.89. The van der Waals surface area contributed by atoms with E-state index in [1.807, 2.05) is 36.7 Å². The summed E-state index contributed by atoms with van der Waals surface area (Å²) in [7, 11) is 0. The molecule has 3 N–H and O–H groups in total. The Morgan fingerprint density at radius 2 is 1.92 bits per heavy atom. The van der Waals surface area contributed by atoms with Gasteiger partial charge < -0.3 is 10.7 Å². The van der Waals surface area contributed by atoms with Crippen molar-refractivity contribution in [2.24, 2.45) is 0 Å². The van der Waals surface area contributed by atoms with Crippen molar-refractivity contribution in [3.63, 3.8) is 0 Å². The molecule has 0 aromatic carbocycles. The van der Waals surface area contributed by atoms with Crippen LogP contribution >= 0.6 is 0 Å². The van der Waals surface area contributed by atoms with Crippen LogP contribution in [-0.4, -0.2) is 15.0 Å². The van der Waals surface area contributed by atoms with E-state index in [0.717, 1.165) is 33.3 Å². The Kier molecular flexibility index (Phi) is 4.38.